The van der Waals surface area contributed by atoms with Crippen LogP contribution in [0.4, 0.5) is 0 Å². The molecule has 2 aromatic carbocycles. The van der Waals surface area contributed by atoms with Crippen LogP contribution in [0.2, 0.25) is 0 Å². The van der Waals surface area contributed by atoms with Gasteiger partial charge in [0.15, 0.2) is 0 Å². The van der Waals surface area contributed by atoms with Crippen LogP contribution >= 0.6 is 0 Å². The van der Waals surface area contributed by atoms with Crippen molar-refractivity contribution in [1.82, 2.24) is 10.2 Å². The molecule has 1 fully saturated rings. The van der Waals surface area contributed by atoms with Crippen molar-refractivity contribution in [2.45, 2.75) is 32.2 Å². The third kappa shape index (κ3) is 3.50. The number of rotatable bonds is 6. The van der Waals surface area contributed by atoms with Gasteiger partial charge in [0.05, 0.1) is 17.2 Å². The maximum absolute atomic E-state index is 12.5. The van der Waals surface area contributed by atoms with E-state index in [1.807, 2.05) is 43.3 Å². The van der Waals surface area contributed by atoms with Crippen LogP contribution in [0.15, 0.2) is 48.5 Å². The summed E-state index contributed by atoms with van der Waals surface area (Å²) in [6, 6.07) is 15.2. The molecule has 5 heteroatoms. The second-order valence-electron chi connectivity index (χ2n) is 7.35. The molecule has 1 N–H and O–H groups in total. The summed E-state index contributed by atoms with van der Waals surface area (Å²) >= 11 is 0. The largest absolute Gasteiger partial charge is 0.349 e. The third-order valence-corrected chi connectivity index (χ3v) is 5.26. The Bertz CT molecular complexity index is 903. The minimum atomic E-state index is -0.315. The zero-order valence-electron chi connectivity index (χ0n) is 15.3. The van der Waals surface area contributed by atoms with Gasteiger partial charge in [-0.15, -0.1) is 0 Å². The molecule has 0 saturated heterocycles. The molecular weight excluding hydrogens is 340 g/mol. The van der Waals surface area contributed by atoms with Crippen LogP contribution in [0.3, 0.4) is 0 Å². The SMILES string of the molecule is Cc1ccc2c(c1)C(=O)N(CCC(=O)NC(c1ccccc1)C1CC1)C2=O. The van der Waals surface area contributed by atoms with Gasteiger partial charge in [0, 0.05) is 13.0 Å². The fourth-order valence-corrected chi connectivity index (χ4v) is 3.63. The molecule has 4 rings (SSSR count). The van der Waals surface area contributed by atoms with Crippen LogP contribution in [-0.2, 0) is 4.79 Å². The average molecular weight is 362 g/mol. The third-order valence-electron chi connectivity index (χ3n) is 5.26. The molecule has 2 aromatic rings. The molecule has 1 aliphatic carbocycles. The Labute approximate surface area is 158 Å². The highest BCUT2D eigenvalue weighted by Crippen LogP contribution is 2.41. The number of benzene rings is 2. The average Bonchev–Trinajstić information content (AvgIpc) is 3.48. The van der Waals surface area contributed by atoms with Crippen molar-refractivity contribution in [3.63, 3.8) is 0 Å². The van der Waals surface area contributed by atoms with Gasteiger partial charge in [-0.3, -0.25) is 19.3 Å². The Kier molecular flexibility index (Phi) is 4.52. The first-order valence-electron chi connectivity index (χ1n) is 9.36. The zero-order valence-corrected chi connectivity index (χ0v) is 15.3. The summed E-state index contributed by atoms with van der Waals surface area (Å²) in [4.78, 5) is 38.6. The van der Waals surface area contributed by atoms with Gasteiger partial charge in [0.25, 0.3) is 11.8 Å². The Morgan fingerprint density at radius 1 is 1.07 bits per heavy atom. The molecule has 0 bridgehead atoms. The molecule has 3 amide bonds. The molecule has 1 heterocycles. The molecule has 27 heavy (non-hydrogen) atoms. The molecule has 0 spiro atoms. The van der Waals surface area contributed by atoms with Crippen LogP contribution in [0, 0.1) is 12.8 Å². The second kappa shape index (κ2) is 6.99. The molecule has 1 saturated carbocycles. The number of nitrogens with zero attached hydrogens (tertiary/aromatic N) is 1. The number of fused-ring (bicyclic) bond motifs is 1. The van der Waals surface area contributed by atoms with Crippen molar-refractivity contribution in [3.8, 4) is 0 Å². The van der Waals surface area contributed by atoms with Gasteiger partial charge >= 0.3 is 0 Å². The van der Waals surface area contributed by atoms with E-state index in [1.165, 1.54) is 4.90 Å². The number of nitrogens with one attached hydrogen (secondary N) is 1. The molecule has 138 valence electrons. The standard InChI is InChI=1S/C22H22N2O3/c1-14-7-10-17-18(13-14)22(27)24(21(17)26)12-11-19(25)23-20(16-8-9-16)15-5-3-2-4-6-15/h2-7,10,13,16,20H,8-9,11-12H2,1H3,(H,23,25). The molecule has 2 aliphatic rings. The molecule has 1 unspecified atom stereocenters. The Morgan fingerprint density at radius 2 is 1.78 bits per heavy atom. The molecule has 0 aromatic heterocycles. The quantitative estimate of drug-likeness (QED) is 0.802. The predicted octanol–water partition coefficient (Wildman–Crippen LogP) is 3.25. The molecule has 1 atom stereocenters. The van der Waals surface area contributed by atoms with E-state index in [9.17, 15) is 14.4 Å². The lowest BCUT2D eigenvalue weighted by atomic mass is 10.0. The number of aryl methyl sites for hydroxylation is 1. The van der Waals surface area contributed by atoms with Gasteiger partial charge in [-0.1, -0.05) is 42.0 Å². The van der Waals surface area contributed by atoms with Crippen LogP contribution in [-0.4, -0.2) is 29.2 Å². The van der Waals surface area contributed by atoms with E-state index < -0.39 is 0 Å². The van der Waals surface area contributed by atoms with Crippen molar-refractivity contribution in [2.75, 3.05) is 6.54 Å². The van der Waals surface area contributed by atoms with Gasteiger partial charge in [0.1, 0.15) is 0 Å². The summed E-state index contributed by atoms with van der Waals surface area (Å²) in [6.45, 7) is 1.99. The van der Waals surface area contributed by atoms with Crippen molar-refractivity contribution >= 4 is 17.7 Å². The maximum Gasteiger partial charge on any atom is 0.261 e. The first-order valence-corrected chi connectivity index (χ1v) is 9.36. The number of imide groups is 1. The summed E-state index contributed by atoms with van der Waals surface area (Å²) in [6.07, 6.45) is 2.33. The highest BCUT2D eigenvalue weighted by molar-refractivity contribution is 6.21. The summed E-state index contributed by atoms with van der Waals surface area (Å²) in [5.74, 6) is -0.292. The highest BCUT2D eigenvalue weighted by atomic mass is 16.2. The molecular formula is C22H22N2O3. The summed E-state index contributed by atoms with van der Waals surface area (Å²) in [5, 5.41) is 3.09. The van der Waals surface area contributed by atoms with Gasteiger partial charge in [0.2, 0.25) is 5.91 Å². The number of carbonyl (C=O) groups excluding carboxylic acids is 3. The van der Waals surface area contributed by atoms with Crippen molar-refractivity contribution in [3.05, 3.63) is 70.8 Å². The lowest BCUT2D eigenvalue weighted by Crippen LogP contribution is -2.36. The lowest BCUT2D eigenvalue weighted by molar-refractivity contribution is -0.122. The van der Waals surface area contributed by atoms with Crippen molar-refractivity contribution in [2.24, 2.45) is 5.92 Å². The normalized spacial score (nSPS) is 17.0. The number of amides is 3. The summed E-state index contributed by atoms with van der Waals surface area (Å²) in [5.41, 5.74) is 2.89. The second-order valence-corrected chi connectivity index (χ2v) is 7.35. The first-order chi connectivity index (χ1) is 13.0. The predicted molar refractivity (Wildman–Crippen MR) is 101 cm³/mol. The zero-order chi connectivity index (χ0) is 19.0. The Hall–Kier alpha value is -2.95. The molecule has 1 aliphatic heterocycles. The van der Waals surface area contributed by atoms with Gasteiger partial charge in [-0.25, -0.2) is 0 Å². The number of carbonyl (C=O) groups is 3. The van der Waals surface area contributed by atoms with Gasteiger partial charge < -0.3 is 5.32 Å². The molecule has 5 nitrogen and oxygen atoms in total. The Balaban J connectivity index is 1.40. The van der Waals surface area contributed by atoms with E-state index in [0.29, 0.717) is 17.0 Å². The van der Waals surface area contributed by atoms with E-state index >= 15 is 0 Å². The maximum atomic E-state index is 12.5. The van der Waals surface area contributed by atoms with Crippen LogP contribution in [0.5, 0.6) is 0 Å². The summed E-state index contributed by atoms with van der Waals surface area (Å²) < 4.78 is 0. The van der Waals surface area contributed by atoms with Gasteiger partial charge in [-0.2, -0.15) is 0 Å². The van der Waals surface area contributed by atoms with E-state index in [1.54, 1.807) is 12.1 Å². The minimum absolute atomic E-state index is 0.00327. The Morgan fingerprint density at radius 3 is 2.48 bits per heavy atom. The van der Waals surface area contributed by atoms with Crippen LogP contribution in [0.25, 0.3) is 0 Å². The molecule has 0 radical (unpaired) electrons. The number of hydrogen-bond acceptors (Lipinski definition) is 3. The lowest BCUT2D eigenvalue weighted by Gasteiger charge is -2.20. The fourth-order valence-electron chi connectivity index (χ4n) is 3.63. The smallest absolute Gasteiger partial charge is 0.261 e. The first kappa shape index (κ1) is 17.5. The highest BCUT2D eigenvalue weighted by Gasteiger charge is 2.36. The van der Waals surface area contributed by atoms with Crippen LogP contribution in [0.1, 0.15) is 57.1 Å². The minimum Gasteiger partial charge on any atom is -0.349 e. The van der Waals surface area contributed by atoms with E-state index in [4.69, 9.17) is 0 Å². The fraction of sp³-hybridized carbons (Fsp3) is 0.318. The van der Waals surface area contributed by atoms with E-state index in [0.717, 1.165) is 24.0 Å². The van der Waals surface area contributed by atoms with Crippen molar-refractivity contribution < 1.29 is 14.4 Å². The van der Waals surface area contributed by atoms with Crippen LogP contribution < -0.4 is 5.32 Å². The van der Waals surface area contributed by atoms with E-state index in [-0.39, 0.29) is 36.7 Å². The summed E-state index contributed by atoms with van der Waals surface area (Å²) in [7, 11) is 0. The monoisotopic (exact) mass is 362 g/mol. The van der Waals surface area contributed by atoms with Crippen molar-refractivity contribution in [1.29, 1.82) is 0 Å². The van der Waals surface area contributed by atoms with E-state index in [2.05, 4.69) is 5.32 Å². The topological polar surface area (TPSA) is 66.5 Å². The van der Waals surface area contributed by atoms with Gasteiger partial charge in [-0.05, 0) is 43.4 Å². The number of hydrogen-bond donors (Lipinski definition) is 1.